The summed E-state index contributed by atoms with van der Waals surface area (Å²) in [7, 11) is 1.46. The summed E-state index contributed by atoms with van der Waals surface area (Å²) >= 11 is 0. The van der Waals surface area contributed by atoms with Crippen molar-refractivity contribution in [2.24, 2.45) is 0 Å². The molecule has 3 N–H and O–H groups in total. The van der Waals surface area contributed by atoms with Crippen molar-refractivity contribution < 1.29 is 27.6 Å². The lowest BCUT2D eigenvalue weighted by molar-refractivity contribution is -0.127. The van der Waals surface area contributed by atoms with Crippen LogP contribution in [0.1, 0.15) is 13.3 Å². The highest BCUT2D eigenvalue weighted by Crippen LogP contribution is 2.19. The first kappa shape index (κ1) is 21.4. The van der Waals surface area contributed by atoms with Gasteiger partial charge in [0.05, 0.1) is 25.3 Å². The zero-order valence-electron chi connectivity index (χ0n) is 14.5. The molecule has 10 heteroatoms. The number of nitrogens with one attached hydrogen (secondary N) is 3. The molecule has 3 amide bonds. The van der Waals surface area contributed by atoms with Gasteiger partial charge in [-0.1, -0.05) is 6.92 Å². The fourth-order valence-electron chi connectivity index (χ4n) is 1.92. The lowest BCUT2D eigenvalue weighted by atomic mass is 10.2. The van der Waals surface area contributed by atoms with Gasteiger partial charge in [0.15, 0.2) is 17.5 Å². The Morgan fingerprint density at radius 3 is 2.27 bits per heavy atom. The first-order valence-corrected chi connectivity index (χ1v) is 7.89. The van der Waals surface area contributed by atoms with Crippen LogP contribution in [-0.4, -0.2) is 55.8 Å². The topological polar surface area (TPSA) is 90.5 Å². The number of halogens is 3. The molecule has 0 atom stereocenters. The number of rotatable bonds is 9. The Hall–Kier alpha value is -2.62. The summed E-state index contributed by atoms with van der Waals surface area (Å²) in [4.78, 5) is 36.2. The number of nitrogens with zero attached hydrogens (tertiary/aromatic N) is 1. The molecule has 0 aliphatic heterocycles. The number of benzene rings is 1. The normalized spacial score (nSPS) is 10.5. The monoisotopic (exact) mass is 374 g/mol. The molecule has 0 spiro atoms. The number of anilines is 1. The van der Waals surface area contributed by atoms with Crippen LogP contribution in [0.15, 0.2) is 12.1 Å². The summed E-state index contributed by atoms with van der Waals surface area (Å²) in [6, 6.07) is 1.59. The second kappa shape index (κ2) is 10.4. The summed E-state index contributed by atoms with van der Waals surface area (Å²) in [5.74, 6) is -6.07. The van der Waals surface area contributed by atoms with E-state index < -0.39 is 35.0 Å². The Balaban J connectivity index is 2.41. The molecule has 1 aromatic carbocycles. The van der Waals surface area contributed by atoms with Crippen LogP contribution in [0, 0.1) is 17.5 Å². The van der Waals surface area contributed by atoms with E-state index in [4.69, 9.17) is 0 Å². The fraction of sp³-hybridized carbons (Fsp3) is 0.438. The highest BCUT2D eigenvalue weighted by atomic mass is 19.2. The van der Waals surface area contributed by atoms with Gasteiger partial charge >= 0.3 is 0 Å². The van der Waals surface area contributed by atoms with Gasteiger partial charge in [0, 0.05) is 6.54 Å². The van der Waals surface area contributed by atoms with E-state index in [0.29, 0.717) is 12.6 Å². The van der Waals surface area contributed by atoms with Gasteiger partial charge in [0.2, 0.25) is 17.7 Å². The second-order valence-electron chi connectivity index (χ2n) is 5.57. The van der Waals surface area contributed by atoms with E-state index in [1.54, 1.807) is 0 Å². The molecule has 1 rings (SSSR count). The Labute approximate surface area is 148 Å². The maximum Gasteiger partial charge on any atom is 0.239 e. The average molecular weight is 374 g/mol. The minimum Gasteiger partial charge on any atom is -0.355 e. The number of hydrogen-bond acceptors (Lipinski definition) is 4. The highest BCUT2D eigenvalue weighted by molar-refractivity contribution is 5.93. The molecule has 1 aromatic rings. The Kier molecular flexibility index (Phi) is 8.56. The van der Waals surface area contributed by atoms with Gasteiger partial charge in [-0.15, -0.1) is 0 Å². The summed E-state index contributed by atoms with van der Waals surface area (Å²) in [6.45, 7) is 1.74. The molecule has 0 saturated carbocycles. The minimum absolute atomic E-state index is 0.182. The van der Waals surface area contributed by atoms with Crippen molar-refractivity contribution in [3.8, 4) is 0 Å². The van der Waals surface area contributed by atoms with Gasteiger partial charge in [-0.2, -0.15) is 0 Å². The van der Waals surface area contributed by atoms with Gasteiger partial charge in [-0.3, -0.25) is 19.3 Å². The number of hydrogen-bond donors (Lipinski definition) is 3. The maximum atomic E-state index is 13.5. The van der Waals surface area contributed by atoms with Crippen LogP contribution in [0.25, 0.3) is 0 Å². The molecule has 0 radical (unpaired) electrons. The van der Waals surface area contributed by atoms with Crippen molar-refractivity contribution in [3.63, 3.8) is 0 Å². The Bertz CT molecular complexity index is 670. The van der Waals surface area contributed by atoms with E-state index in [-0.39, 0.29) is 25.5 Å². The van der Waals surface area contributed by atoms with Crippen LogP contribution < -0.4 is 16.0 Å². The van der Waals surface area contributed by atoms with Gasteiger partial charge in [0.25, 0.3) is 0 Å². The lowest BCUT2D eigenvalue weighted by Gasteiger charge is -2.16. The van der Waals surface area contributed by atoms with E-state index in [1.165, 1.54) is 11.9 Å². The standard InChI is InChI=1S/C16H21F3N4O3/c1-3-6-20-12(24)7-21-13(25)8-23(2)9-14(26)22-11-5-4-10(17)15(18)16(11)19/h4-5H,3,6-9H2,1-2H3,(H,20,24)(H,21,25)(H,22,26). The van der Waals surface area contributed by atoms with Crippen molar-refractivity contribution in [2.75, 3.05) is 38.5 Å². The number of amides is 3. The minimum atomic E-state index is -1.68. The van der Waals surface area contributed by atoms with Gasteiger partial charge in [0.1, 0.15) is 0 Å². The Morgan fingerprint density at radius 1 is 0.962 bits per heavy atom. The van der Waals surface area contributed by atoms with E-state index in [0.717, 1.165) is 12.5 Å². The lowest BCUT2D eigenvalue weighted by Crippen LogP contribution is -2.42. The van der Waals surface area contributed by atoms with E-state index in [1.807, 2.05) is 6.92 Å². The molecular weight excluding hydrogens is 353 g/mol. The van der Waals surface area contributed by atoms with Crippen LogP contribution >= 0.6 is 0 Å². The van der Waals surface area contributed by atoms with Gasteiger partial charge in [-0.05, 0) is 25.6 Å². The smallest absolute Gasteiger partial charge is 0.239 e. The second-order valence-corrected chi connectivity index (χ2v) is 5.57. The van der Waals surface area contributed by atoms with Crippen LogP contribution in [-0.2, 0) is 14.4 Å². The number of carbonyl (C=O) groups is 3. The fourth-order valence-corrected chi connectivity index (χ4v) is 1.92. The van der Waals surface area contributed by atoms with Crippen molar-refractivity contribution in [2.45, 2.75) is 13.3 Å². The molecule has 0 saturated heterocycles. The van der Waals surface area contributed by atoms with Crippen molar-refractivity contribution in [1.29, 1.82) is 0 Å². The van der Waals surface area contributed by atoms with E-state index >= 15 is 0 Å². The molecular formula is C16H21F3N4O3. The molecule has 0 unspecified atom stereocenters. The summed E-state index contributed by atoms with van der Waals surface area (Å²) in [6.07, 6.45) is 0.774. The van der Waals surface area contributed by atoms with Gasteiger partial charge < -0.3 is 16.0 Å². The molecule has 144 valence electrons. The van der Waals surface area contributed by atoms with E-state index in [2.05, 4.69) is 16.0 Å². The zero-order valence-corrected chi connectivity index (χ0v) is 14.5. The molecule has 0 heterocycles. The third-order valence-corrected chi connectivity index (χ3v) is 3.15. The van der Waals surface area contributed by atoms with E-state index in [9.17, 15) is 27.6 Å². The molecule has 0 aromatic heterocycles. The SMILES string of the molecule is CCCNC(=O)CNC(=O)CN(C)CC(=O)Nc1ccc(F)c(F)c1F. The van der Waals surface area contributed by atoms with Crippen molar-refractivity contribution in [3.05, 3.63) is 29.6 Å². The summed E-state index contributed by atoms with van der Waals surface area (Å²) in [5, 5.41) is 7.08. The third kappa shape index (κ3) is 7.09. The largest absolute Gasteiger partial charge is 0.355 e. The Morgan fingerprint density at radius 2 is 1.62 bits per heavy atom. The first-order valence-electron chi connectivity index (χ1n) is 7.89. The third-order valence-electron chi connectivity index (χ3n) is 3.15. The zero-order chi connectivity index (χ0) is 19.7. The highest BCUT2D eigenvalue weighted by Gasteiger charge is 2.17. The predicted octanol–water partition coefficient (Wildman–Crippen LogP) is 0.617. The molecule has 0 fully saturated rings. The quantitative estimate of drug-likeness (QED) is 0.553. The van der Waals surface area contributed by atoms with Crippen LogP contribution in [0.4, 0.5) is 18.9 Å². The van der Waals surface area contributed by atoms with Crippen LogP contribution in [0.5, 0.6) is 0 Å². The van der Waals surface area contributed by atoms with Gasteiger partial charge in [-0.25, -0.2) is 13.2 Å². The number of likely N-dealkylation sites (N-methyl/N-ethyl adjacent to an activating group) is 1. The molecule has 7 nitrogen and oxygen atoms in total. The van der Waals surface area contributed by atoms with Crippen molar-refractivity contribution >= 4 is 23.4 Å². The number of carbonyl (C=O) groups excluding carboxylic acids is 3. The van der Waals surface area contributed by atoms with Crippen molar-refractivity contribution in [1.82, 2.24) is 15.5 Å². The van der Waals surface area contributed by atoms with Crippen LogP contribution in [0.2, 0.25) is 0 Å². The first-order chi connectivity index (χ1) is 12.2. The maximum absolute atomic E-state index is 13.5. The summed E-state index contributed by atoms with van der Waals surface area (Å²) in [5.41, 5.74) is -0.501. The molecule has 0 bridgehead atoms. The average Bonchev–Trinajstić information content (AvgIpc) is 2.58. The molecule has 0 aliphatic rings. The van der Waals surface area contributed by atoms with Crippen LogP contribution in [0.3, 0.4) is 0 Å². The molecule has 0 aliphatic carbocycles. The summed E-state index contributed by atoms with van der Waals surface area (Å²) < 4.78 is 39.4. The predicted molar refractivity (Wildman–Crippen MR) is 88.8 cm³/mol. The molecule has 26 heavy (non-hydrogen) atoms.